The summed E-state index contributed by atoms with van der Waals surface area (Å²) in [5.74, 6) is 0. The van der Waals surface area contributed by atoms with Crippen LogP contribution in [0.2, 0.25) is 0 Å². The topological polar surface area (TPSA) is 55.8 Å². The van der Waals surface area contributed by atoms with E-state index in [0.29, 0.717) is 19.6 Å². The van der Waals surface area contributed by atoms with Crippen LogP contribution in [-0.2, 0) is 5.41 Å². The van der Waals surface area contributed by atoms with Crippen molar-refractivity contribution in [1.29, 1.82) is 0 Å². The second-order valence-electron chi connectivity index (χ2n) is 7.60. The summed E-state index contributed by atoms with van der Waals surface area (Å²) in [5.41, 5.74) is 2.55. The van der Waals surface area contributed by atoms with Crippen LogP contribution in [0.4, 0.5) is 4.79 Å². The zero-order chi connectivity index (χ0) is 17.7. The number of nitrogens with one attached hydrogen (secondary N) is 1. The molecule has 0 saturated carbocycles. The SMILES string of the molecule is C[C@@H](NC(=O)N1CCN(CCO)CC1)c1ccc(C(C)(C)C)cc1. The first-order valence-corrected chi connectivity index (χ1v) is 8.80. The van der Waals surface area contributed by atoms with Crippen LogP contribution in [0.3, 0.4) is 0 Å². The van der Waals surface area contributed by atoms with Gasteiger partial charge in [-0.05, 0) is 23.5 Å². The van der Waals surface area contributed by atoms with Crippen molar-refractivity contribution in [2.24, 2.45) is 0 Å². The summed E-state index contributed by atoms with van der Waals surface area (Å²) in [4.78, 5) is 16.5. The molecule has 0 unspecified atom stereocenters. The first-order chi connectivity index (χ1) is 11.3. The number of aliphatic hydroxyl groups excluding tert-OH is 1. The first kappa shape index (κ1) is 18.7. The van der Waals surface area contributed by atoms with Gasteiger partial charge in [0.05, 0.1) is 12.6 Å². The molecule has 1 aliphatic rings. The molecule has 1 saturated heterocycles. The van der Waals surface area contributed by atoms with Crippen molar-refractivity contribution in [3.63, 3.8) is 0 Å². The molecule has 1 aromatic rings. The molecule has 0 bridgehead atoms. The highest BCUT2D eigenvalue weighted by atomic mass is 16.3. The van der Waals surface area contributed by atoms with E-state index in [1.807, 2.05) is 11.8 Å². The van der Waals surface area contributed by atoms with Crippen LogP contribution in [0.1, 0.15) is 44.9 Å². The van der Waals surface area contributed by atoms with Gasteiger partial charge in [-0.3, -0.25) is 4.90 Å². The smallest absolute Gasteiger partial charge is 0.317 e. The standard InChI is InChI=1S/C19H31N3O2/c1-15(16-5-7-17(8-6-16)19(2,3)4)20-18(24)22-11-9-21(10-12-22)13-14-23/h5-8,15,23H,9-14H2,1-4H3,(H,20,24)/t15-/m1/s1. The molecule has 134 valence electrons. The number of urea groups is 1. The molecule has 0 aromatic heterocycles. The van der Waals surface area contributed by atoms with Gasteiger partial charge in [-0.1, -0.05) is 45.0 Å². The molecule has 1 atom stereocenters. The minimum absolute atomic E-state index is 0.00829. The van der Waals surface area contributed by atoms with E-state index < -0.39 is 0 Å². The van der Waals surface area contributed by atoms with E-state index in [4.69, 9.17) is 5.11 Å². The minimum Gasteiger partial charge on any atom is -0.395 e. The van der Waals surface area contributed by atoms with E-state index in [2.05, 4.69) is 55.3 Å². The highest BCUT2D eigenvalue weighted by Crippen LogP contribution is 2.24. The van der Waals surface area contributed by atoms with E-state index in [-0.39, 0.29) is 24.1 Å². The fourth-order valence-electron chi connectivity index (χ4n) is 2.95. The molecule has 2 N–H and O–H groups in total. The van der Waals surface area contributed by atoms with E-state index in [0.717, 1.165) is 18.7 Å². The van der Waals surface area contributed by atoms with Gasteiger partial charge in [0.2, 0.25) is 0 Å². The van der Waals surface area contributed by atoms with E-state index in [1.165, 1.54) is 5.56 Å². The number of carbonyl (C=O) groups excluding carboxylic acids is 1. The van der Waals surface area contributed by atoms with Crippen molar-refractivity contribution in [1.82, 2.24) is 15.1 Å². The minimum atomic E-state index is -0.0120. The fraction of sp³-hybridized carbons (Fsp3) is 0.632. The summed E-state index contributed by atoms with van der Waals surface area (Å²) in [5, 5.41) is 12.1. The highest BCUT2D eigenvalue weighted by Gasteiger charge is 2.22. The van der Waals surface area contributed by atoms with E-state index >= 15 is 0 Å². The predicted molar refractivity (Wildman–Crippen MR) is 97.2 cm³/mol. The number of hydrogen-bond acceptors (Lipinski definition) is 3. The second-order valence-corrected chi connectivity index (χ2v) is 7.60. The summed E-state index contributed by atoms with van der Waals surface area (Å²) in [6.45, 7) is 12.5. The van der Waals surface area contributed by atoms with E-state index in [1.54, 1.807) is 0 Å². The normalized spacial score (nSPS) is 17.6. The molecule has 24 heavy (non-hydrogen) atoms. The summed E-state index contributed by atoms with van der Waals surface area (Å²) in [7, 11) is 0. The van der Waals surface area contributed by atoms with Gasteiger partial charge in [-0.2, -0.15) is 0 Å². The van der Waals surface area contributed by atoms with Gasteiger partial charge in [-0.25, -0.2) is 4.79 Å². The summed E-state index contributed by atoms with van der Waals surface area (Å²) in [6.07, 6.45) is 0. The van der Waals surface area contributed by atoms with Crippen molar-refractivity contribution in [3.8, 4) is 0 Å². The van der Waals surface area contributed by atoms with Crippen LogP contribution in [0.25, 0.3) is 0 Å². The molecule has 1 fully saturated rings. The Hall–Kier alpha value is -1.59. The predicted octanol–water partition coefficient (Wildman–Crippen LogP) is 2.36. The number of β-amino-alcohol motifs (C(OH)–C–C–N with tert-alkyl or cyclic N) is 1. The lowest BCUT2D eigenvalue weighted by Gasteiger charge is -2.35. The van der Waals surface area contributed by atoms with Gasteiger partial charge in [0.1, 0.15) is 0 Å². The Morgan fingerprint density at radius 3 is 2.25 bits per heavy atom. The second kappa shape index (κ2) is 7.99. The quantitative estimate of drug-likeness (QED) is 0.889. The van der Waals surface area contributed by atoms with Gasteiger partial charge in [0.15, 0.2) is 0 Å². The number of hydrogen-bond donors (Lipinski definition) is 2. The van der Waals surface area contributed by atoms with Gasteiger partial charge in [0.25, 0.3) is 0 Å². The maximum atomic E-state index is 12.4. The Bertz CT molecular complexity index is 529. The molecule has 1 heterocycles. The lowest BCUT2D eigenvalue weighted by atomic mass is 9.86. The van der Waals surface area contributed by atoms with Crippen molar-refractivity contribution in [2.75, 3.05) is 39.3 Å². The summed E-state index contributed by atoms with van der Waals surface area (Å²) >= 11 is 0. The fourth-order valence-corrected chi connectivity index (χ4v) is 2.95. The lowest BCUT2D eigenvalue weighted by molar-refractivity contribution is 0.121. The number of aliphatic hydroxyl groups is 1. The molecule has 2 rings (SSSR count). The van der Waals surface area contributed by atoms with Crippen LogP contribution in [-0.4, -0.2) is 60.3 Å². The molecule has 1 aromatic carbocycles. The molecule has 1 aliphatic heterocycles. The molecular formula is C19H31N3O2. The Labute approximate surface area is 145 Å². The average Bonchev–Trinajstić information content (AvgIpc) is 2.55. The maximum absolute atomic E-state index is 12.4. The molecule has 0 radical (unpaired) electrons. The van der Waals surface area contributed by atoms with Crippen LogP contribution >= 0.6 is 0 Å². The van der Waals surface area contributed by atoms with Crippen LogP contribution in [0, 0.1) is 0 Å². The monoisotopic (exact) mass is 333 g/mol. The first-order valence-electron chi connectivity index (χ1n) is 8.80. The van der Waals surface area contributed by atoms with Crippen LogP contribution in [0.15, 0.2) is 24.3 Å². The van der Waals surface area contributed by atoms with Gasteiger partial charge < -0.3 is 15.3 Å². The molecule has 2 amide bonds. The molecular weight excluding hydrogens is 302 g/mol. The highest BCUT2D eigenvalue weighted by molar-refractivity contribution is 5.74. The summed E-state index contributed by atoms with van der Waals surface area (Å²) < 4.78 is 0. The Morgan fingerprint density at radius 1 is 1.17 bits per heavy atom. The number of rotatable bonds is 4. The van der Waals surface area contributed by atoms with Crippen molar-refractivity contribution in [3.05, 3.63) is 35.4 Å². The Kier molecular flexibility index (Phi) is 6.24. The average molecular weight is 333 g/mol. The van der Waals surface area contributed by atoms with Crippen LogP contribution in [0.5, 0.6) is 0 Å². The van der Waals surface area contributed by atoms with Gasteiger partial charge in [-0.15, -0.1) is 0 Å². The van der Waals surface area contributed by atoms with Crippen molar-refractivity contribution >= 4 is 6.03 Å². The Morgan fingerprint density at radius 2 is 1.75 bits per heavy atom. The number of piperazine rings is 1. The third-order valence-corrected chi connectivity index (χ3v) is 4.69. The molecule has 5 nitrogen and oxygen atoms in total. The van der Waals surface area contributed by atoms with E-state index in [9.17, 15) is 4.79 Å². The zero-order valence-corrected chi connectivity index (χ0v) is 15.4. The van der Waals surface area contributed by atoms with Gasteiger partial charge in [0, 0.05) is 32.7 Å². The van der Waals surface area contributed by atoms with Crippen molar-refractivity contribution in [2.45, 2.75) is 39.2 Å². The third kappa shape index (κ3) is 4.95. The number of benzene rings is 1. The van der Waals surface area contributed by atoms with Crippen molar-refractivity contribution < 1.29 is 9.90 Å². The summed E-state index contributed by atoms with van der Waals surface area (Å²) in [6, 6.07) is 8.47. The molecule has 0 spiro atoms. The zero-order valence-electron chi connectivity index (χ0n) is 15.4. The van der Waals surface area contributed by atoms with Gasteiger partial charge >= 0.3 is 6.03 Å². The molecule has 0 aliphatic carbocycles. The number of nitrogens with zero attached hydrogens (tertiary/aromatic N) is 2. The number of carbonyl (C=O) groups is 1. The number of amides is 2. The largest absolute Gasteiger partial charge is 0.395 e. The lowest BCUT2D eigenvalue weighted by Crippen LogP contribution is -2.52. The maximum Gasteiger partial charge on any atom is 0.317 e. The van der Waals surface area contributed by atoms with Crippen LogP contribution < -0.4 is 5.32 Å². The molecule has 5 heteroatoms. The third-order valence-electron chi connectivity index (χ3n) is 4.69. The Balaban J connectivity index is 1.88.